The number of carbonyl (C=O) groups is 2. The fourth-order valence-electron chi connectivity index (χ4n) is 3.50. The predicted molar refractivity (Wildman–Crippen MR) is 104 cm³/mol. The Bertz CT molecular complexity index is 812. The van der Waals surface area contributed by atoms with E-state index in [4.69, 9.17) is 0 Å². The van der Waals surface area contributed by atoms with Crippen molar-refractivity contribution in [3.8, 4) is 0 Å². The van der Waals surface area contributed by atoms with E-state index in [1.165, 1.54) is 35.6 Å². The summed E-state index contributed by atoms with van der Waals surface area (Å²) in [5.41, 5.74) is 0.162. The van der Waals surface area contributed by atoms with Crippen molar-refractivity contribution in [1.29, 1.82) is 0 Å². The molecule has 1 aromatic heterocycles. The summed E-state index contributed by atoms with van der Waals surface area (Å²) in [6, 6.07) is 9.47. The number of nitro benzene ring substituents is 1. The van der Waals surface area contributed by atoms with Crippen LogP contribution in [0.5, 0.6) is 0 Å². The van der Waals surface area contributed by atoms with Crippen molar-refractivity contribution < 1.29 is 14.5 Å². The molecule has 0 radical (unpaired) electrons. The maximum absolute atomic E-state index is 12.2. The minimum atomic E-state index is -0.777. The molecule has 2 N–H and O–H groups in total. The molecule has 1 aliphatic rings. The fourth-order valence-corrected chi connectivity index (χ4v) is 4.49. The van der Waals surface area contributed by atoms with E-state index in [1.807, 2.05) is 11.4 Å². The van der Waals surface area contributed by atoms with Crippen LogP contribution in [0.3, 0.4) is 0 Å². The molecule has 0 spiro atoms. The van der Waals surface area contributed by atoms with E-state index in [0.29, 0.717) is 12.2 Å². The van der Waals surface area contributed by atoms with Gasteiger partial charge in [0.15, 0.2) is 0 Å². The van der Waals surface area contributed by atoms with Gasteiger partial charge in [-0.15, -0.1) is 11.3 Å². The molecule has 1 fully saturated rings. The molecule has 27 heavy (non-hydrogen) atoms. The van der Waals surface area contributed by atoms with Crippen LogP contribution in [-0.4, -0.2) is 23.3 Å². The SMILES string of the molecule is O=C(NCC1(c2cccs2)CCCCC1)C(=O)Nc1ccc([N+](=O)[O-])cc1. The lowest BCUT2D eigenvalue weighted by atomic mass is 9.73. The van der Waals surface area contributed by atoms with Crippen molar-refractivity contribution >= 4 is 34.5 Å². The fraction of sp³-hybridized carbons (Fsp3) is 0.368. The van der Waals surface area contributed by atoms with Crippen LogP contribution in [0.25, 0.3) is 0 Å². The van der Waals surface area contributed by atoms with Gasteiger partial charge in [0, 0.05) is 34.7 Å². The highest BCUT2D eigenvalue weighted by atomic mass is 32.1. The molecule has 0 saturated heterocycles. The molecule has 0 atom stereocenters. The van der Waals surface area contributed by atoms with E-state index in [1.54, 1.807) is 11.3 Å². The van der Waals surface area contributed by atoms with Crippen molar-refractivity contribution in [3.63, 3.8) is 0 Å². The standard InChI is InChI=1S/C19H21N3O4S/c23-17(18(24)21-14-6-8-15(9-7-14)22(25)26)20-13-19(10-2-1-3-11-19)16-5-4-12-27-16/h4-9,12H,1-3,10-11,13H2,(H,20,23)(H,21,24). The minimum absolute atomic E-state index is 0.0763. The van der Waals surface area contributed by atoms with Gasteiger partial charge in [0.05, 0.1) is 4.92 Å². The molecule has 7 nitrogen and oxygen atoms in total. The van der Waals surface area contributed by atoms with Crippen LogP contribution < -0.4 is 10.6 Å². The highest BCUT2D eigenvalue weighted by Crippen LogP contribution is 2.41. The number of anilines is 1. The van der Waals surface area contributed by atoms with E-state index in [9.17, 15) is 19.7 Å². The van der Waals surface area contributed by atoms with Crippen LogP contribution in [0.15, 0.2) is 41.8 Å². The van der Waals surface area contributed by atoms with E-state index in [2.05, 4.69) is 16.7 Å². The molecule has 3 rings (SSSR count). The number of nitrogens with zero attached hydrogens (tertiary/aromatic N) is 1. The summed E-state index contributed by atoms with van der Waals surface area (Å²) in [6.45, 7) is 0.431. The van der Waals surface area contributed by atoms with E-state index < -0.39 is 16.7 Å². The van der Waals surface area contributed by atoms with Gasteiger partial charge < -0.3 is 10.6 Å². The average molecular weight is 387 g/mol. The van der Waals surface area contributed by atoms with Crippen LogP contribution in [0.2, 0.25) is 0 Å². The molecule has 8 heteroatoms. The van der Waals surface area contributed by atoms with Gasteiger partial charge >= 0.3 is 11.8 Å². The second-order valence-corrected chi connectivity index (χ2v) is 7.71. The summed E-state index contributed by atoms with van der Waals surface area (Å²) < 4.78 is 0. The van der Waals surface area contributed by atoms with Crippen LogP contribution in [0.1, 0.15) is 37.0 Å². The Hall–Kier alpha value is -2.74. The smallest absolute Gasteiger partial charge is 0.313 e. The topological polar surface area (TPSA) is 101 Å². The highest BCUT2D eigenvalue weighted by Gasteiger charge is 2.35. The van der Waals surface area contributed by atoms with Gasteiger partial charge in [-0.05, 0) is 36.4 Å². The molecule has 0 unspecified atom stereocenters. The van der Waals surface area contributed by atoms with Crippen molar-refractivity contribution in [2.75, 3.05) is 11.9 Å². The van der Waals surface area contributed by atoms with Gasteiger partial charge in [0.1, 0.15) is 0 Å². The molecule has 1 saturated carbocycles. The number of thiophene rings is 1. The van der Waals surface area contributed by atoms with Gasteiger partial charge in [0.2, 0.25) is 0 Å². The lowest BCUT2D eigenvalue weighted by molar-refractivity contribution is -0.384. The quantitative estimate of drug-likeness (QED) is 0.465. The molecular weight excluding hydrogens is 366 g/mol. The van der Waals surface area contributed by atoms with Crippen LogP contribution >= 0.6 is 11.3 Å². The number of carbonyl (C=O) groups excluding carboxylic acids is 2. The Balaban J connectivity index is 1.60. The summed E-state index contributed by atoms with van der Waals surface area (Å²) in [5.74, 6) is -1.48. The monoisotopic (exact) mass is 387 g/mol. The summed E-state index contributed by atoms with van der Waals surface area (Å²) >= 11 is 1.69. The van der Waals surface area contributed by atoms with Crippen LogP contribution in [-0.2, 0) is 15.0 Å². The zero-order chi connectivity index (χ0) is 19.3. The molecule has 0 bridgehead atoms. The first-order valence-electron chi connectivity index (χ1n) is 8.88. The average Bonchev–Trinajstić information content (AvgIpc) is 3.23. The Morgan fingerprint density at radius 1 is 1.07 bits per heavy atom. The first-order valence-corrected chi connectivity index (χ1v) is 9.76. The largest absolute Gasteiger partial charge is 0.347 e. The number of hydrogen-bond donors (Lipinski definition) is 2. The second-order valence-electron chi connectivity index (χ2n) is 6.76. The second kappa shape index (κ2) is 8.30. The number of non-ortho nitro benzene ring substituents is 1. The number of rotatable bonds is 5. The minimum Gasteiger partial charge on any atom is -0.347 e. The first kappa shape index (κ1) is 19.0. The summed E-state index contributed by atoms with van der Waals surface area (Å²) in [7, 11) is 0. The van der Waals surface area contributed by atoms with Crippen molar-refractivity contribution in [1.82, 2.24) is 5.32 Å². The first-order chi connectivity index (χ1) is 13.0. The van der Waals surface area contributed by atoms with Gasteiger partial charge in [-0.2, -0.15) is 0 Å². The van der Waals surface area contributed by atoms with Crippen LogP contribution in [0.4, 0.5) is 11.4 Å². The van der Waals surface area contributed by atoms with Crippen molar-refractivity contribution in [2.45, 2.75) is 37.5 Å². The number of amides is 2. The van der Waals surface area contributed by atoms with Crippen molar-refractivity contribution in [3.05, 3.63) is 56.8 Å². The number of nitro groups is 1. The predicted octanol–water partition coefficient (Wildman–Crippen LogP) is 3.61. The van der Waals surface area contributed by atoms with E-state index in [-0.39, 0.29) is 11.1 Å². The Labute approximate surface area is 160 Å². The summed E-state index contributed by atoms with van der Waals surface area (Å²) in [5, 5.41) is 17.9. The Kier molecular flexibility index (Phi) is 5.85. The molecule has 142 valence electrons. The Morgan fingerprint density at radius 2 is 1.78 bits per heavy atom. The normalized spacial score (nSPS) is 15.7. The molecule has 0 aliphatic heterocycles. The number of benzene rings is 1. The lowest BCUT2D eigenvalue weighted by Crippen LogP contribution is -2.45. The highest BCUT2D eigenvalue weighted by molar-refractivity contribution is 7.10. The summed E-state index contributed by atoms with van der Waals surface area (Å²) in [4.78, 5) is 35.8. The lowest BCUT2D eigenvalue weighted by Gasteiger charge is -2.36. The summed E-state index contributed by atoms with van der Waals surface area (Å²) in [6.07, 6.45) is 5.42. The maximum Gasteiger partial charge on any atom is 0.313 e. The van der Waals surface area contributed by atoms with Crippen molar-refractivity contribution in [2.24, 2.45) is 0 Å². The van der Waals surface area contributed by atoms with Gasteiger partial charge in [0.25, 0.3) is 5.69 Å². The molecule has 1 heterocycles. The Morgan fingerprint density at radius 3 is 2.37 bits per heavy atom. The molecule has 1 aromatic carbocycles. The van der Waals surface area contributed by atoms with Gasteiger partial charge in [-0.1, -0.05) is 25.3 Å². The van der Waals surface area contributed by atoms with Gasteiger partial charge in [-0.3, -0.25) is 19.7 Å². The number of nitrogens with one attached hydrogen (secondary N) is 2. The van der Waals surface area contributed by atoms with E-state index in [0.717, 1.165) is 25.7 Å². The van der Waals surface area contributed by atoms with Gasteiger partial charge in [-0.25, -0.2) is 0 Å². The molecular formula is C19H21N3O4S. The molecule has 1 aliphatic carbocycles. The number of hydrogen-bond acceptors (Lipinski definition) is 5. The zero-order valence-corrected chi connectivity index (χ0v) is 15.6. The van der Waals surface area contributed by atoms with E-state index >= 15 is 0 Å². The zero-order valence-electron chi connectivity index (χ0n) is 14.8. The third-order valence-corrected chi connectivity index (χ3v) is 6.10. The third kappa shape index (κ3) is 4.51. The van der Waals surface area contributed by atoms with Crippen LogP contribution in [0, 0.1) is 10.1 Å². The maximum atomic E-state index is 12.2. The molecule has 2 amide bonds. The molecule has 2 aromatic rings. The third-order valence-electron chi connectivity index (χ3n) is 4.98.